The molecule has 0 radical (unpaired) electrons. The summed E-state index contributed by atoms with van der Waals surface area (Å²) in [4.78, 5) is 13.0. The highest BCUT2D eigenvalue weighted by Gasteiger charge is 2.13. The molecule has 1 aromatic carbocycles. The SMILES string of the molecule is C[C@@H](CN)NC(=O)c1cnn(-c2ccc(F)cc2)n1. The molecule has 0 spiro atoms. The van der Waals surface area contributed by atoms with Crippen LogP contribution in [0.1, 0.15) is 17.4 Å². The number of benzene rings is 1. The average molecular weight is 263 g/mol. The minimum atomic E-state index is -0.342. The molecule has 0 aliphatic carbocycles. The second-order valence-electron chi connectivity index (χ2n) is 4.11. The molecule has 19 heavy (non-hydrogen) atoms. The van der Waals surface area contributed by atoms with Crippen LogP contribution in [0.25, 0.3) is 5.69 Å². The number of carbonyl (C=O) groups excluding carboxylic acids is 1. The molecule has 1 heterocycles. The third-order valence-corrected chi connectivity index (χ3v) is 2.51. The van der Waals surface area contributed by atoms with Crippen LogP contribution in [0.5, 0.6) is 0 Å². The van der Waals surface area contributed by atoms with Gasteiger partial charge in [0, 0.05) is 12.6 Å². The second kappa shape index (κ2) is 5.57. The number of aromatic nitrogens is 3. The van der Waals surface area contributed by atoms with E-state index in [2.05, 4.69) is 15.5 Å². The first-order valence-corrected chi connectivity index (χ1v) is 5.79. The van der Waals surface area contributed by atoms with Crippen molar-refractivity contribution in [3.63, 3.8) is 0 Å². The Hall–Kier alpha value is -2.28. The van der Waals surface area contributed by atoms with Crippen molar-refractivity contribution in [1.29, 1.82) is 0 Å². The van der Waals surface area contributed by atoms with Gasteiger partial charge < -0.3 is 11.1 Å². The highest BCUT2D eigenvalue weighted by atomic mass is 19.1. The maximum absolute atomic E-state index is 12.8. The third kappa shape index (κ3) is 3.14. The fourth-order valence-corrected chi connectivity index (χ4v) is 1.42. The lowest BCUT2D eigenvalue weighted by molar-refractivity contribution is 0.0936. The molecule has 2 rings (SSSR count). The number of nitrogens with one attached hydrogen (secondary N) is 1. The first-order chi connectivity index (χ1) is 9.10. The van der Waals surface area contributed by atoms with E-state index < -0.39 is 0 Å². The van der Waals surface area contributed by atoms with E-state index in [0.29, 0.717) is 12.2 Å². The smallest absolute Gasteiger partial charge is 0.273 e. The molecule has 100 valence electrons. The fraction of sp³-hybridized carbons (Fsp3) is 0.250. The highest BCUT2D eigenvalue weighted by molar-refractivity contribution is 5.92. The average Bonchev–Trinajstić information content (AvgIpc) is 2.89. The maximum Gasteiger partial charge on any atom is 0.273 e. The molecular formula is C12H14FN5O. The standard InChI is InChI=1S/C12H14FN5O/c1-8(6-14)16-12(19)11-7-15-18(17-11)10-4-2-9(13)3-5-10/h2-5,7-8H,6,14H2,1H3,(H,16,19)/t8-/m0/s1. The molecule has 0 aliphatic rings. The molecule has 1 amide bonds. The van der Waals surface area contributed by atoms with Gasteiger partial charge in [0.05, 0.1) is 11.9 Å². The van der Waals surface area contributed by atoms with Crippen LogP contribution < -0.4 is 11.1 Å². The lowest BCUT2D eigenvalue weighted by atomic mass is 10.3. The Morgan fingerprint density at radius 2 is 2.16 bits per heavy atom. The summed E-state index contributed by atoms with van der Waals surface area (Å²) < 4.78 is 12.8. The van der Waals surface area contributed by atoms with Crippen molar-refractivity contribution in [1.82, 2.24) is 20.3 Å². The third-order valence-electron chi connectivity index (χ3n) is 2.51. The van der Waals surface area contributed by atoms with Crippen molar-refractivity contribution in [2.24, 2.45) is 5.73 Å². The zero-order valence-electron chi connectivity index (χ0n) is 10.4. The van der Waals surface area contributed by atoms with Gasteiger partial charge in [-0.1, -0.05) is 0 Å². The second-order valence-corrected chi connectivity index (χ2v) is 4.11. The van der Waals surface area contributed by atoms with Crippen molar-refractivity contribution >= 4 is 5.91 Å². The molecule has 0 unspecified atom stereocenters. The summed E-state index contributed by atoms with van der Waals surface area (Å²) in [5, 5.41) is 10.7. The molecule has 2 aromatic rings. The summed E-state index contributed by atoms with van der Waals surface area (Å²) in [6.07, 6.45) is 1.35. The first-order valence-electron chi connectivity index (χ1n) is 5.79. The van der Waals surface area contributed by atoms with Gasteiger partial charge in [-0.25, -0.2) is 4.39 Å². The molecule has 7 heteroatoms. The Bertz CT molecular complexity index is 566. The van der Waals surface area contributed by atoms with Gasteiger partial charge in [0.2, 0.25) is 0 Å². The predicted octanol–water partition coefficient (Wildman–Crippen LogP) is 0.483. The Labute approximate surface area is 109 Å². The van der Waals surface area contributed by atoms with E-state index in [1.807, 2.05) is 0 Å². The zero-order valence-corrected chi connectivity index (χ0v) is 10.4. The topological polar surface area (TPSA) is 85.8 Å². The lowest BCUT2D eigenvalue weighted by Gasteiger charge is -2.08. The monoisotopic (exact) mass is 263 g/mol. The van der Waals surface area contributed by atoms with Crippen LogP contribution in [0.2, 0.25) is 0 Å². The molecular weight excluding hydrogens is 249 g/mol. The summed E-state index contributed by atoms with van der Waals surface area (Å²) in [5.41, 5.74) is 6.18. The normalized spacial score (nSPS) is 12.2. The van der Waals surface area contributed by atoms with Crippen LogP contribution in [0, 0.1) is 5.82 Å². The number of rotatable bonds is 4. The van der Waals surface area contributed by atoms with Crippen LogP contribution >= 0.6 is 0 Å². The lowest BCUT2D eigenvalue weighted by Crippen LogP contribution is -2.38. The highest BCUT2D eigenvalue weighted by Crippen LogP contribution is 2.07. The van der Waals surface area contributed by atoms with Crippen LogP contribution in [0.4, 0.5) is 4.39 Å². The summed E-state index contributed by atoms with van der Waals surface area (Å²) in [6, 6.07) is 5.52. The van der Waals surface area contributed by atoms with Crippen LogP contribution in [0.15, 0.2) is 30.5 Å². The Morgan fingerprint density at radius 1 is 1.47 bits per heavy atom. The number of amides is 1. The van der Waals surface area contributed by atoms with E-state index in [0.717, 1.165) is 0 Å². The number of halogens is 1. The van der Waals surface area contributed by atoms with Gasteiger partial charge in [-0.2, -0.15) is 9.90 Å². The molecule has 0 saturated carbocycles. The zero-order chi connectivity index (χ0) is 13.8. The van der Waals surface area contributed by atoms with Crippen LogP contribution in [0.3, 0.4) is 0 Å². The summed E-state index contributed by atoms with van der Waals surface area (Å²) in [6.45, 7) is 2.14. The van der Waals surface area contributed by atoms with Gasteiger partial charge in [0.1, 0.15) is 5.82 Å². The molecule has 0 aliphatic heterocycles. The number of nitrogens with two attached hydrogens (primary N) is 1. The van der Waals surface area contributed by atoms with E-state index in [9.17, 15) is 9.18 Å². The van der Waals surface area contributed by atoms with E-state index in [4.69, 9.17) is 5.73 Å². The molecule has 0 saturated heterocycles. The molecule has 6 nitrogen and oxygen atoms in total. The van der Waals surface area contributed by atoms with Crippen molar-refractivity contribution in [2.45, 2.75) is 13.0 Å². The first kappa shape index (κ1) is 13.2. The Kier molecular flexibility index (Phi) is 3.86. The van der Waals surface area contributed by atoms with Gasteiger partial charge in [-0.15, -0.1) is 5.10 Å². The molecule has 0 fully saturated rings. The van der Waals surface area contributed by atoms with Crippen molar-refractivity contribution in [2.75, 3.05) is 6.54 Å². The number of hydrogen-bond donors (Lipinski definition) is 2. The fourth-order valence-electron chi connectivity index (χ4n) is 1.42. The van der Waals surface area contributed by atoms with E-state index in [-0.39, 0.29) is 23.5 Å². The Balaban J connectivity index is 2.15. The van der Waals surface area contributed by atoms with Crippen molar-refractivity contribution in [3.8, 4) is 5.69 Å². The number of carbonyl (C=O) groups is 1. The minimum Gasteiger partial charge on any atom is -0.347 e. The minimum absolute atomic E-state index is 0.136. The number of nitrogens with zero attached hydrogens (tertiary/aromatic N) is 3. The molecule has 0 bridgehead atoms. The van der Waals surface area contributed by atoms with E-state index in [1.54, 1.807) is 6.92 Å². The van der Waals surface area contributed by atoms with Gasteiger partial charge >= 0.3 is 0 Å². The predicted molar refractivity (Wildman–Crippen MR) is 67.3 cm³/mol. The number of hydrogen-bond acceptors (Lipinski definition) is 4. The van der Waals surface area contributed by atoms with Crippen molar-refractivity contribution in [3.05, 3.63) is 42.0 Å². The van der Waals surface area contributed by atoms with Gasteiger partial charge in [-0.05, 0) is 31.2 Å². The van der Waals surface area contributed by atoms with Gasteiger partial charge in [-0.3, -0.25) is 4.79 Å². The quantitative estimate of drug-likeness (QED) is 0.840. The van der Waals surface area contributed by atoms with E-state index >= 15 is 0 Å². The molecule has 1 atom stereocenters. The van der Waals surface area contributed by atoms with Gasteiger partial charge in [0.15, 0.2) is 5.69 Å². The van der Waals surface area contributed by atoms with E-state index in [1.165, 1.54) is 35.3 Å². The summed E-state index contributed by atoms with van der Waals surface area (Å²) >= 11 is 0. The largest absolute Gasteiger partial charge is 0.347 e. The van der Waals surface area contributed by atoms with Crippen molar-refractivity contribution < 1.29 is 9.18 Å². The Morgan fingerprint density at radius 3 is 2.79 bits per heavy atom. The molecule has 1 aromatic heterocycles. The van der Waals surface area contributed by atoms with Crippen LogP contribution in [-0.2, 0) is 0 Å². The maximum atomic E-state index is 12.8. The summed E-state index contributed by atoms with van der Waals surface area (Å²) in [7, 11) is 0. The van der Waals surface area contributed by atoms with Gasteiger partial charge in [0.25, 0.3) is 5.91 Å². The molecule has 3 N–H and O–H groups in total. The van der Waals surface area contributed by atoms with Crippen LogP contribution in [-0.4, -0.2) is 33.5 Å². The summed E-state index contributed by atoms with van der Waals surface area (Å²) in [5.74, 6) is -0.683.